The minimum absolute atomic E-state index is 0.191. The van der Waals surface area contributed by atoms with Gasteiger partial charge in [0.25, 0.3) is 0 Å². The fraction of sp³-hybridized carbons (Fsp3) is 0.222. The van der Waals surface area contributed by atoms with Crippen molar-refractivity contribution in [2.24, 2.45) is 0 Å². The molecule has 0 saturated carbocycles. The Bertz CT molecular complexity index is 706. The highest BCUT2D eigenvalue weighted by atomic mass is 16.5. The van der Waals surface area contributed by atoms with E-state index in [9.17, 15) is 5.11 Å². The summed E-state index contributed by atoms with van der Waals surface area (Å²) in [6.07, 6.45) is 0.916. The maximum absolute atomic E-state index is 9.87. The zero-order valence-electron chi connectivity index (χ0n) is 12.1. The van der Waals surface area contributed by atoms with Crippen LogP contribution in [0.2, 0.25) is 0 Å². The molecule has 1 atom stereocenters. The first-order valence-electron chi connectivity index (χ1n) is 7.21. The predicted octanol–water partition coefficient (Wildman–Crippen LogP) is 3.39. The molecule has 1 heterocycles. The van der Waals surface area contributed by atoms with Crippen molar-refractivity contribution in [1.29, 1.82) is 0 Å². The Balaban J connectivity index is 1.46. The van der Waals surface area contributed by atoms with E-state index < -0.39 is 6.10 Å². The Morgan fingerprint density at radius 2 is 1.82 bits per heavy atom. The third-order valence-electron chi connectivity index (χ3n) is 3.30. The van der Waals surface area contributed by atoms with Crippen molar-refractivity contribution in [1.82, 2.24) is 0 Å². The molecule has 4 nitrogen and oxygen atoms in total. The Labute approximate surface area is 128 Å². The Morgan fingerprint density at radius 1 is 0.955 bits per heavy atom. The zero-order chi connectivity index (χ0) is 15.2. The molecule has 0 saturated heterocycles. The molecule has 0 aliphatic carbocycles. The molecular formula is C18H18O4. The quantitative estimate of drug-likeness (QED) is 0.726. The SMILES string of the molecule is OC(COCc1ccco1)COc1ccc2ccccc2c1. The fourth-order valence-corrected chi connectivity index (χ4v) is 2.19. The molecule has 0 spiro atoms. The number of rotatable bonds is 7. The summed E-state index contributed by atoms with van der Waals surface area (Å²) in [7, 11) is 0. The molecule has 0 radical (unpaired) electrons. The van der Waals surface area contributed by atoms with Gasteiger partial charge in [0, 0.05) is 0 Å². The van der Waals surface area contributed by atoms with Crippen LogP contribution in [0.15, 0.2) is 65.3 Å². The van der Waals surface area contributed by atoms with Crippen LogP contribution in [0, 0.1) is 0 Å². The normalized spacial score (nSPS) is 12.4. The van der Waals surface area contributed by atoms with E-state index in [1.54, 1.807) is 12.3 Å². The minimum atomic E-state index is -0.679. The Morgan fingerprint density at radius 3 is 2.64 bits per heavy atom. The number of aliphatic hydroxyl groups excluding tert-OH is 1. The lowest BCUT2D eigenvalue weighted by Crippen LogP contribution is -2.23. The van der Waals surface area contributed by atoms with Crippen molar-refractivity contribution in [3.63, 3.8) is 0 Å². The van der Waals surface area contributed by atoms with Gasteiger partial charge in [0.15, 0.2) is 0 Å². The van der Waals surface area contributed by atoms with E-state index in [0.717, 1.165) is 22.3 Å². The second-order valence-electron chi connectivity index (χ2n) is 5.07. The lowest BCUT2D eigenvalue weighted by Gasteiger charge is -2.13. The van der Waals surface area contributed by atoms with Gasteiger partial charge in [-0.25, -0.2) is 0 Å². The first kappa shape index (κ1) is 14.6. The highest BCUT2D eigenvalue weighted by Gasteiger charge is 2.07. The first-order chi connectivity index (χ1) is 10.8. The van der Waals surface area contributed by atoms with Crippen molar-refractivity contribution in [2.75, 3.05) is 13.2 Å². The number of hydrogen-bond acceptors (Lipinski definition) is 4. The summed E-state index contributed by atoms with van der Waals surface area (Å²) in [5, 5.41) is 12.2. The van der Waals surface area contributed by atoms with E-state index in [1.165, 1.54) is 0 Å². The summed E-state index contributed by atoms with van der Waals surface area (Å²) in [6, 6.07) is 17.6. The van der Waals surface area contributed by atoms with Crippen molar-refractivity contribution in [3.8, 4) is 5.75 Å². The number of aliphatic hydroxyl groups is 1. The van der Waals surface area contributed by atoms with Gasteiger partial charge in [-0.3, -0.25) is 0 Å². The van der Waals surface area contributed by atoms with Crippen LogP contribution in [0.3, 0.4) is 0 Å². The van der Waals surface area contributed by atoms with Gasteiger partial charge in [-0.05, 0) is 35.0 Å². The van der Waals surface area contributed by atoms with Gasteiger partial charge in [-0.2, -0.15) is 0 Å². The maximum Gasteiger partial charge on any atom is 0.129 e. The van der Waals surface area contributed by atoms with Crippen molar-refractivity contribution >= 4 is 10.8 Å². The molecule has 0 aliphatic rings. The van der Waals surface area contributed by atoms with E-state index in [2.05, 4.69) is 6.07 Å². The lowest BCUT2D eigenvalue weighted by molar-refractivity contribution is 0.000901. The highest BCUT2D eigenvalue weighted by molar-refractivity contribution is 5.83. The molecule has 114 valence electrons. The molecule has 3 aromatic rings. The zero-order valence-corrected chi connectivity index (χ0v) is 12.1. The van der Waals surface area contributed by atoms with E-state index in [-0.39, 0.29) is 13.2 Å². The molecule has 0 aliphatic heterocycles. The van der Waals surface area contributed by atoms with Crippen LogP contribution in [-0.4, -0.2) is 24.4 Å². The summed E-state index contributed by atoms with van der Waals surface area (Å²) >= 11 is 0. The molecule has 0 fully saturated rings. The minimum Gasteiger partial charge on any atom is -0.491 e. The summed E-state index contributed by atoms with van der Waals surface area (Å²) < 4.78 is 16.1. The fourth-order valence-electron chi connectivity index (χ4n) is 2.19. The summed E-state index contributed by atoms with van der Waals surface area (Å²) in [5.74, 6) is 1.48. The number of furan rings is 1. The first-order valence-corrected chi connectivity index (χ1v) is 7.21. The van der Waals surface area contributed by atoms with Gasteiger partial charge in [0.2, 0.25) is 0 Å². The van der Waals surface area contributed by atoms with Gasteiger partial charge in [0.05, 0.1) is 12.9 Å². The number of fused-ring (bicyclic) bond motifs is 1. The molecule has 1 aromatic heterocycles. The number of benzene rings is 2. The third-order valence-corrected chi connectivity index (χ3v) is 3.30. The van der Waals surface area contributed by atoms with Crippen LogP contribution in [0.4, 0.5) is 0 Å². The average Bonchev–Trinajstić information content (AvgIpc) is 3.06. The monoisotopic (exact) mass is 298 g/mol. The topological polar surface area (TPSA) is 51.8 Å². The van der Waals surface area contributed by atoms with Gasteiger partial charge in [-0.15, -0.1) is 0 Å². The Kier molecular flexibility index (Phi) is 4.73. The van der Waals surface area contributed by atoms with E-state index in [4.69, 9.17) is 13.9 Å². The molecule has 0 amide bonds. The van der Waals surface area contributed by atoms with E-state index in [0.29, 0.717) is 6.61 Å². The molecule has 22 heavy (non-hydrogen) atoms. The summed E-state index contributed by atoms with van der Waals surface area (Å²) in [5.41, 5.74) is 0. The molecule has 2 aromatic carbocycles. The lowest BCUT2D eigenvalue weighted by atomic mass is 10.1. The van der Waals surface area contributed by atoms with Crippen molar-refractivity contribution in [2.45, 2.75) is 12.7 Å². The second-order valence-corrected chi connectivity index (χ2v) is 5.07. The predicted molar refractivity (Wildman–Crippen MR) is 83.8 cm³/mol. The second kappa shape index (κ2) is 7.11. The largest absolute Gasteiger partial charge is 0.491 e. The summed E-state index contributed by atoms with van der Waals surface area (Å²) in [4.78, 5) is 0. The van der Waals surface area contributed by atoms with Gasteiger partial charge in [0.1, 0.15) is 30.8 Å². The van der Waals surface area contributed by atoms with Gasteiger partial charge in [-0.1, -0.05) is 30.3 Å². The number of ether oxygens (including phenoxy) is 2. The standard InChI is InChI=1S/C18H18O4/c19-16(11-20-13-18-6-3-9-21-18)12-22-17-8-7-14-4-1-2-5-15(14)10-17/h1-10,16,19H,11-13H2. The molecular weight excluding hydrogens is 280 g/mol. The van der Waals surface area contributed by atoms with Crippen LogP contribution in [0.1, 0.15) is 5.76 Å². The van der Waals surface area contributed by atoms with Crippen LogP contribution in [0.25, 0.3) is 10.8 Å². The van der Waals surface area contributed by atoms with E-state index in [1.807, 2.05) is 42.5 Å². The summed E-state index contributed by atoms with van der Waals surface area (Å²) in [6.45, 7) is 0.741. The molecule has 3 rings (SSSR count). The van der Waals surface area contributed by atoms with E-state index >= 15 is 0 Å². The van der Waals surface area contributed by atoms with Crippen LogP contribution in [-0.2, 0) is 11.3 Å². The molecule has 1 unspecified atom stereocenters. The van der Waals surface area contributed by atoms with Crippen LogP contribution < -0.4 is 4.74 Å². The smallest absolute Gasteiger partial charge is 0.129 e. The van der Waals surface area contributed by atoms with Crippen molar-refractivity contribution < 1.29 is 19.0 Å². The van der Waals surface area contributed by atoms with Gasteiger partial charge >= 0.3 is 0 Å². The Hall–Kier alpha value is -2.30. The van der Waals surface area contributed by atoms with Crippen molar-refractivity contribution in [3.05, 3.63) is 66.6 Å². The average molecular weight is 298 g/mol. The molecule has 0 bridgehead atoms. The number of hydrogen-bond donors (Lipinski definition) is 1. The van der Waals surface area contributed by atoms with Gasteiger partial charge < -0.3 is 19.0 Å². The van der Waals surface area contributed by atoms with Crippen LogP contribution in [0.5, 0.6) is 5.75 Å². The molecule has 1 N–H and O–H groups in total. The maximum atomic E-state index is 9.87. The third kappa shape index (κ3) is 3.87. The highest BCUT2D eigenvalue weighted by Crippen LogP contribution is 2.20. The van der Waals surface area contributed by atoms with Crippen LogP contribution >= 0.6 is 0 Å². The molecule has 4 heteroatoms.